The van der Waals surface area contributed by atoms with Gasteiger partial charge >= 0.3 is 0 Å². The van der Waals surface area contributed by atoms with Crippen LogP contribution in [-0.4, -0.2) is 37.0 Å². The number of halogens is 1. The van der Waals surface area contributed by atoms with Crippen LogP contribution in [0, 0.1) is 17.8 Å². The number of nitrogens with zero attached hydrogens (tertiary/aromatic N) is 1. The minimum absolute atomic E-state index is 0. The van der Waals surface area contributed by atoms with E-state index >= 15 is 0 Å². The molecule has 0 spiro atoms. The number of carbonyl (C=O) groups is 1. The monoisotopic (exact) mass is 272 g/mol. The molecule has 2 saturated heterocycles. The quantitative estimate of drug-likeness (QED) is 0.741. The number of amides is 1. The lowest BCUT2D eigenvalue weighted by Gasteiger charge is -2.23. The predicted molar refractivity (Wildman–Crippen MR) is 74.9 cm³/mol. The molecule has 0 aromatic heterocycles. The zero-order chi connectivity index (χ0) is 11.7. The summed E-state index contributed by atoms with van der Waals surface area (Å²) in [5.41, 5.74) is 0. The molecule has 2 atom stereocenters. The first-order valence-corrected chi connectivity index (χ1v) is 7.34. The Balaban J connectivity index is 0.00000120. The van der Waals surface area contributed by atoms with Crippen LogP contribution in [0.3, 0.4) is 0 Å². The van der Waals surface area contributed by atoms with E-state index in [2.05, 4.69) is 10.2 Å². The number of likely N-dealkylation sites (tertiary alicyclic amines) is 1. The molecule has 0 aromatic rings. The van der Waals surface area contributed by atoms with Crippen LogP contribution in [0.2, 0.25) is 0 Å². The Morgan fingerprint density at radius 3 is 2.06 bits per heavy atom. The molecule has 1 amide bonds. The second kappa shape index (κ2) is 6.25. The van der Waals surface area contributed by atoms with Crippen molar-refractivity contribution in [2.45, 2.75) is 38.5 Å². The third kappa shape index (κ3) is 2.83. The highest BCUT2D eigenvalue weighted by Gasteiger charge is 2.39. The van der Waals surface area contributed by atoms with Gasteiger partial charge in [-0.3, -0.25) is 4.79 Å². The van der Waals surface area contributed by atoms with Gasteiger partial charge in [-0.2, -0.15) is 0 Å². The molecule has 0 aromatic carbocycles. The summed E-state index contributed by atoms with van der Waals surface area (Å²) in [6.45, 7) is 4.29. The fraction of sp³-hybridized carbons (Fsp3) is 0.929. The predicted octanol–water partition coefficient (Wildman–Crippen LogP) is 2.06. The lowest BCUT2D eigenvalue weighted by molar-refractivity contribution is -0.135. The van der Waals surface area contributed by atoms with Crippen molar-refractivity contribution in [2.75, 3.05) is 26.2 Å². The SMILES string of the molecule is Cl.O=C(C1CCCCCC1)N1C[C@H]2CNC[C@H]2C1. The average Bonchev–Trinajstić information content (AvgIpc) is 2.80. The van der Waals surface area contributed by atoms with Crippen LogP contribution < -0.4 is 5.32 Å². The molecule has 104 valence electrons. The lowest BCUT2D eigenvalue weighted by Crippen LogP contribution is -2.36. The Morgan fingerprint density at radius 1 is 0.944 bits per heavy atom. The maximum absolute atomic E-state index is 12.5. The van der Waals surface area contributed by atoms with E-state index in [9.17, 15) is 4.79 Å². The summed E-state index contributed by atoms with van der Waals surface area (Å²) < 4.78 is 0. The summed E-state index contributed by atoms with van der Waals surface area (Å²) in [5, 5.41) is 3.44. The maximum atomic E-state index is 12.5. The van der Waals surface area contributed by atoms with Crippen LogP contribution >= 0.6 is 12.4 Å². The highest BCUT2D eigenvalue weighted by molar-refractivity contribution is 5.85. The van der Waals surface area contributed by atoms with E-state index in [-0.39, 0.29) is 12.4 Å². The summed E-state index contributed by atoms with van der Waals surface area (Å²) in [4.78, 5) is 14.7. The zero-order valence-electron chi connectivity index (χ0n) is 11.1. The van der Waals surface area contributed by atoms with Gasteiger partial charge < -0.3 is 10.2 Å². The molecular weight excluding hydrogens is 248 g/mol. The van der Waals surface area contributed by atoms with Gasteiger partial charge in [0.1, 0.15) is 0 Å². The van der Waals surface area contributed by atoms with E-state index in [1.54, 1.807) is 0 Å². The molecule has 2 aliphatic heterocycles. The Labute approximate surface area is 116 Å². The van der Waals surface area contributed by atoms with Crippen LogP contribution in [0.1, 0.15) is 38.5 Å². The van der Waals surface area contributed by atoms with Crippen molar-refractivity contribution < 1.29 is 4.79 Å². The van der Waals surface area contributed by atoms with E-state index in [1.807, 2.05) is 0 Å². The van der Waals surface area contributed by atoms with Crippen molar-refractivity contribution in [1.82, 2.24) is 10.2 Å². The summed E-state index contributed by atoms with van der Waals surface area (Å²) >= 11 is 0. The Hall–Kier alpha value is -0.280. The second-order valence-corrected chi connectivity index (χ2v) is 6.11. The van der Waals surface area contributed by atoms with Gasteiger partial charge in [0.05, 0.1) is 0 Å². The Bertz CT molecular complexity index is 278. The summed E-state index contributed by atoms with van der Waals surface area (Å²) in [6, 6.07) is 0. The molecule has 3 aliphatic rings. The van der Waals surface area contributed by atoms with E-state index < -0.39 is 0 Å². The van der Waals surface area contributed by atoms with E-state index in [4.69, 9.17) is 0 Å². The Kier molecular flexibility index (Phi) is 4.91. The zero-order valence-corrected chi connectivity index (χ0v) is 11.9. The molecule has 1 N–H and O–H groups in total. The number of hydrogen-bond acceptors (Lipinski definition) is 2. The van der Waals surface area contributed by atoms with Gasteiger partial charge in [-0.1, -0.05) is 25.7 Å². The van der Waals surface area contributed by atoms with E-state index in [0.717, 1.165) is 50.9 Å². The largest absolute Gasteiger partial charge is 0.342 e. The van der Waals surface area contributed by atoms with Gasteiger partial charge in [0.2, 0.25) is 5.91 Å². The minimum Gasteiger partial charge on any atom is -0.342 e. The van der Waals surface area contributed by atoms with E-state index in [1.165, 1.54) is 25.7 Å². The van der Waals surface area contributed by atoms with Gasteiger partial charge in [0.15, 0.2) is 0 Å². The highest BCUT2D eigenvalue weighted by atomic mass is 35.5. The van der Waals surface area contributed by atoms with Crippen molar-refractivity contribution in [2.24, 2.45) is 17.8 Å². The van der Waals surface area contributed by atoms with Crippen LogP contribution in [0.5, 0.6) is 0 Å². The lowest BCUT2D eigenvalue weighted by atomic mass is 9.99. The van der Waals surface area contributed by atoms with Crippen LogP contribution in [-0.2, 0) is 4.79 Å². The normalized spacial score (nSPS) is 32.8. The number of rotatable bonds is 1. The molecule has 0 bridgehead atoms. The molecule has 3 fully saturated rings. The third-order valence-electron chi connectivity index (χ3n) is 4.91. The molecule has 1 saturated carbocycles. The average molecular weight is 273 g/mol. The van der Waals surface area contributed by atoms with Gasteiger partial charge in [0.25, 0.3) is 0 Å². The van der Waals surface area contributed by atoms with Gasteiger partial charge in [0, 0.05) is 32.1 Å². The third-order valence-corrected chi connectivity index (χ3v) is 4.91. The standard InChI is InChI=1S/C14H24N2O.ClH/c17-14(11-5-3-1-2-4-6-11)16-9-12-7-15-8-13(12)10-16;/h11-13,15H,1-10H2;1H/t12-,13+;. The van der Waals surface area contributed by atoms with Crippen LogP contribution in [0.25, 0.3) is 0 Å². The second-order valence-electron chi connectivity index (χ2n) is 6.11. The fourth-order valence-corrected chi connectivity index (χ4v) is 3.82. The topological polar surface area (TPSA) is 32.3 Å². The number of carbonyl (C=O) groups excluding carboxylic acids is 1. The first kappa shape index (κ1) is 14.1. The molecule has 2 heterocycles. The summed E-state index contributed by atoms with van der Waals surface area (Å²) in [6.07, 6.45) is 7.47. The van der Waals surface area contributed by atoms with Gasteiger partial charge in [-0.25, -0.2) is 0 Å². The number of hydrogen-bond donors (Lipinski definition) is 1. The van der Waals surface area contributed by atoms with Crippen molar-refractivity contribution >= 4 is 18.3 Å². The number of fused-ring (bicyclic) bond motifs is 1. The van der Waals surface area contributed by atoms with Gasteiger partial charge in [-0.05, 0) is 24.7 Å². The van der Waals surface area contributed by atoms with E-state index in [0.29, 0.717) is 11.8 Å². The molecular formula is C14H25ClN2O. The first-order valence-electron chi connectivity index (χ1n) is 7.34. The first-order chi connectivity index (χ1) is 8.34. The fourth-order valence-electron chi connectivity index (χ4n) is 3.82. The molecule has 4 heteroatoms. The molecule has 18 heavy (non-hydrogen) atoms. The maximum Gasteiger partial charge on any atom is 0.225 e. The highest BCUT2D eigenvalue weighted by Crippen LogP contribution is 2.30. The number of nitrogens with one attached hydrogen (secondary N) is 1. The van der Waals surface area contributed by atoms with Crippen molar-refractivity contribution in [3.8, 4) is 0 Å². The molecule has 1 aliphatic carbocycles. The van der Waals surface area contributed by atoms with Crippen molar-refractivity contribution in [3.05, 3.63) is 0 Å². The minimum atomic E-state index is 0. The van der Waals surface area contributed by atoms with Gasteiger partial charge in [-0.15, -0.1) is 12.4 Å². The van der Waals surface area contributed by atoms with Crippen LogP contribution in [0.4, 0.5) is 0 Å². The molecule has 3 nitrogen and oxygen atoms in total. The smallest absolute Gasteiger partial charge is 0.225 e. The summed E-state index contributed by atoms with van der Waals surface area (Å²) in [5.74, 6) is 2.31. The molecule has 0 unspecified atom stereocenters. The molecule has 0 radical (unpaired) electrons. The van der Waals surface area contributed by atoms with Crippen molar-refractivity contribution in [1.29, 1.82) is 0 Å². The Morgan fingerprint density at radius 2 is 1.50 bits per heavy atom. The molecule has 3 rings (SSSR count). The van der Waals surface area contributed by atoms with Crippen LogP contribution in [0.15, 0.2) is 0 Å². The van der Waals surface area contributed by atoms with Crippen molar-refractivity contribution in [3.63, 3.8) is 0 Å². The summed E-state index contributed by atoms with van der Waals surface area (Å²) in [7, 11) is 0.